The van der Waals surface area contributed by atoms with Crippen molar-refractivity contribution >= 4 is 8.35 Å². The maximum atomic E-state index is 4.61. The molecule has 0 N–H and O–H groups in total. The number of aromatic nitrogens is 2. The highest BCUT2D eigenvalue weighted by atomic mass is 31.0. The molecule has 2 nitrogen and oxygen atoms in total. The van der Waals surface area contributed by atoms with Gasteiger partial charge in [-0.15, -0.1) is 0 Å². The van der Waals surface area contributed by atoms with E-state index in [-0.39, 0.29) is 5.41 Å². The van der Waals surface area contributed by atoms with Crippen molar-refractivity contribution in [2.45, 2.75) is 26.2 Å². The molecule has 16 heavy (non-hydrogen) atoms. The predicted octanol–water partition coefficient (Wildman–Crippen LogP) is 3.96. The fraction of sp³-hybridized carbons (Fsp3) is 0.385. The van der Waals surface area contributed by atoms with E-state index in [0.717, 1.165) is 5.69 Å². The molecule has 84 valence electrons. The van der Waals surface area contributed by atoms with E-state index in [1.54, 1.807) is 0 Å². The second-order valence-corrected chi connectivity index (χ2v) is 6.23. The van der Waals surface area contributed by atoms with Crippen molar-refractivity contribution in [1.29, 1.82) is 0 Å². The maximum absolute atomic E-state index is 4.61. The van der Waals surface area contributed by atoms with Crippen molar-refractivity contribution in [1.82, 2.24) is 9.54 Å². The summed E-state index contributed by atoms with van der Waals surface area (Å²) >= 11 is 0. The lowest BCUT2D eigenvalue weighted by Crippen LogP contribution is -2.09. The normalized spacial score (nSPS) is 12.2. The van der Waals surface area contributed by atoms with Gasteiger partial charge in [-0.3, -0.25) is 0 Å². The molecular formula is C13H17N2P. The lowest BCUT2D eigenvalue weighted by molar-refractivity contribution is 0.604. The van der Waals surface area contributed by atoms with Gasteiger partial charge in [0, 0.05) is 26.3 Å². The van der Waals surface area contributed by atoms with Crippen LogP contribution in [0.25, 0.3) is 11.3 Å². The first kappa shape index (κ1) is 11.3. The van der Waals surface area contributed by atoms with Gasteiger partial charge in [-0.1, -0.05) is 51.1 Å². The van der Waals surface area contributed by atoms with Gasteiger partial charge in [-0.25, -0.2) is 4.44 Å². The van der Waals surface area contributed by atoms with Crippen LogP contribution in [-0.4, -0.2) is 9.54 Å². The van der Waals surface area contributed by atoms with E-state index in [0.29, 0.717) is 0 Å². The molecule has 2 aromatic rings. The minimum atomic E-state index is 0.168. The van der Waals surface area contributed by atoms with Crippen LogP contribution in [-0.2, 0) is 12.5 Å². The molecule has 0 aliphatic carbocycles. The smallest absolute Gasteiger partial charge is 0.101 e. The van der Waals surface area contributed by atoms with Gasteiger partial charge in [0.2, 0.25) is 0 Å². The van der Waals surface area contributed by atoms with Crippen LogP contribution in [0, 0.1) is 0 Å². The minimum Gasteiger partial charge on any atom is -0.249 e. The van der Waals surface area contributed by atoms with E-state index < -0.39 is 0 Å². The van der Waals surface area contributed by atoms with Crippen LogP contribution in [0.3, 0.4) is 0 Å². The standard InChI is InChI=1S/C13H17N2P/c1-13(2,3)12-11(14-15(4)16-12)10-8-6-5-7-9-10/h5-9H,1-4H3. The Kier molecular flexibility index (Phi) is 2.86. The molecule has 1 aromatic heterocycles. The summed E-state index contributed by atoms with van der Waals surface area (Å²) in [4.78, 5) is 0. The number of hydrogen-bond donors (Lipinski definition) is 0. The molecule has 0 aliphatic heterocycles. The molecule has 0 bridgehead atoms. The Morgan fingerprint density at radius 3 is 2.31 bits per heavy atom. The van der Waals surface area contributed by atoms with Gasteiger partial charge in [-0.05, 0) is 5.41 Å². The third-order valence-electron chi connectivity index (χ3n) is 2.47. The van der Waals surface area contributed by atoms with Crippen molar-refractivity contribution in [2.75, 3.05) is 0 Å². The van der Waals surface area contributed by atoms with Crippen molar-refractivity contribution < 1.29 is 0 Å². The number of benzene rings is 1. The van der Waals surface area contributed by atoms with Gasteiger partial charge >= 0.3 is 0 Å². The van der Waals surface area contributed by atoms with Gasteiger partial charge in [0.15, 0.2) is 0 Å². The third-order valence-corrected chi connectivity index (χ3v) is 3.93. The molecule has 3 heteroatoms. The first-order valence-corrected chi connectivity index (χ1v) is 6.30. The molecule has 2 rings (SSSR count). The molecule has 0 aliphatic rings. The Bertz CT molecular complexity index is 480. The van der Waals surface area contributed by atoms with Crippen molar-refractivity contribution in [3.63, 3.8) is 0 Å². The van der Waals surface area contributed by atoms with Crippen molar-refractivity contribution in [3.05, 3.63) is 35.6 Å². The molecule has 0 unspecified atom stereocenters. The third kappa shape index (κ3) is 2.17. The van der Waals surface area contributed by atoms with Crippen LogP contribution < -0.4 is 0 Å². The van der Waals surface area contributed by atoms with E-state index >= 15 is 0 Å². The summed E-state index contributed by atoms with van der Waals surface area (Å²) < 4.78 is 1.99. The predicted molar refractivity (Wildman–Crippen MR) is 69.9 cm³/mol. The molecule has 0 radical (unpaired) electrons. The zero-order chi connectivity index (χ0) is 11.8. The molecule has 0 saturated heterocycles. The number of rotatable bonds is 1. The van der Waals surface area contributed by atoms with Crippen LogP contribution in [0.4, 0.5) is 0 Å². The lowest BCUT2D eigenvalue weighted by Gasteiger charge is -2.17. The molecule has 0 saturated carbocycles. The molecular weight excluding hydrogens is 215 g/mol. The molecule has 0 amide bonds. The molecule has 0 fully saturated rings. The van der Waals surface area contributed by atoms with Gasteiger partial charge < -0.3 is 0 Å². The van der Waals surface area contributed by atoms with E-state index in [4.69, 9.17) is 0 Å². The minimum absolute atomic E-state index is 0.168. The van der Waals surface area contributed by atoms with E-state index in [1.165, 1.54) is 19.2 Å². The van der Waals surface area contributed by atoms with E-state index in [2.05, 4.69) is 50.1 Å². The monoisotopic (exact) mass is 232 g/mol. The van der Waals surface area contributed by atoms with Crippen molar-refractivity contribution in [2.24, 2.45) is 7.05 Å². The molecule has 1 aromatic carbocycles. The Hall–Kier alpha value is -1.14. The molecule has 0 spiro atoms. The quantitative estimate of drug-likeness (QED) is 0.727. The van der Waals surface area contributed by atoms with Crippen LogP contribution in [0.5, 0.6) is 0 Å². The first-order chi connectivity index (χ1) is 7.48. The second-order valence-electron chi connectivity index (χ2n) is 5.00. The summed E-state index contributed by atoms with van der Waals surface area (Å²) in [6.07, 6.45) is 0. The Morgan fingerprint density at radius 2 is 1.75 bits per heavy atom. The van der Waals surface area contributed by atoms with Crippen LogP contribution in [0.1, 0.15) is 26.1 Å². The highest BCUT2D eigenvalue weighted by molar-refractivity contribution is 7.27. The van der Waals surface area contributed by atoms with Gasteiger partial charge in [0.25, 0.3) is 0 Å². The highest BCUT2D eigenvalue weighted by Gasteiger charge is 2.22. The first-order valence-electron chi connectivity index (χ1n) is 5.46. The zero-order valence-electron chi connectivity index (χ0n) is 10.2. The topological polar surface area (TPSA) is 17.8 Å². The van der Waals surface area contributed by atoms with Crippen LogP contribution in [0.2, 0.25) is 0 Å². The van der Waals surface area contributed by atoms with E-state index in [1.807, 2.05) is 17.6 Å². The Balaban J connectivity index is 2.58. The van der Waals surface area contributed by atoms with Crippen molar-refractivity contribution in [3.8, 4) is 11.3 Å². The Labute approximate surface area is 98.5 Å². The molecule has 1 heterocycles. The van der Waals surface area contributed by atoms with Gasteiger partial charge in [0.1, 0.15) is 5.69 Å². The summed E-state index contributed by atoms with van der Waals surface area (Å²) in [5.74, 6) is 0. The summed E-state index contributed by atoms with van der Waals surface area (Å²) in [6.45, 7) is 6.73. The SMILES string of the molecule is Cn1nc(-c2ccccc2)c(C(C)(C)C)p1. The summed E-state index contributed by atoms with van der Waals surface area (Å²) in [7, 11) is 3.22. The second kappa shape index (κ2) is 4.03. The number of hydrogen-bond acceptors (Lipinski definition) is 1. The van der Waals surface area contributed by atoms with Crippen LogP contribution >= 0.6 is 8.35 Å². The number of aryl methyl sites for hydroxylation is 1. The fourth-order valence-electron chi connectivity index (χ4n) is 1.70. The van der Waals surface area contributed by atoms with Gasteiger partial charge in [0.05, 0.1) is 0 Å². The molecule has 0 atom stereocenters. The fourth-order valence-corrected chi connectivity index (χ4v) is 2.69. The van der Waals surface area contributed by atoms with Crippen LogP contribution in [0.15, 0.2) is 30.3 Å². The largest absolute Gasteiger partial charge is 0.249 e. The summed E-state index contributed by atoms with van der Waals surface area (Å²) in [6, 6.07) is 10.4. The Morgan fingerprint density at radius 1 is 1.12 bits per heavy atom. The summed E-state index contributed by atoms with van der Waals surface area (Å²) in [5, 5.41) is 6.00. The lowest BCUT2D eigenvalue weighted by atomic mass is 9.91. The highest BCUT2D eigenvalue weighted by Crippen LogP contribution is 2.37. The average molecular weight is 232 g/mol. The zero-order valence-corrected chi connectivity index (χ0v) is 11.1. The van der Waals surface area contributed by atoms with E-state index in [9.17, 15) is 0 Å². The van der Waals surface area contributed by atoms with Gasteiger partial charge in [-0.2, -0.15) is 5.10 Å². The average Bonchev–Trinajstić information content (AvgIpc) is 2.61. The maximum Gasteiger partial charge on any atom is 0.101 e. The number of nitrogens with zero attached hydrogens (tertiary/aromatic N) is 2. The summed E-state index contributed by atoms with van der Waals surface area (Å²) in [5.41, 5.74) is 2.52.